The SMILES string of the molecule is Cc1cccc(C)c1N(CC(=O)N(Cc1ccccc1F)C(Cc1ccccc1)C(=O)NC1CCCCC1)S(C)(=O)=O. The van der Waals surface area contributed by atoms with Gasteiger partial charge in [0.2, 0.25) is 21.8 Å². The molecule has 3 aromatic rings. The second-order valence-electron chi connectivity index (χ2n) is 11.2. The highest BCUT2D eigenvalue weighted by Gasteiger charge is 2.35. The van der Waals surface area contributed by atoms with E-state index in [1.54, 1.807) is 44.2 Å². The largest absolute Gasteiger partial charge is 0.352 e. The van der Waals surface area contributed by atoms with E-state index in [1.807, 2.05) is 36.4 Å². The van der Waals surface area contributed by atoms with Gasteiger partial charge in [0.05, 0.1) is 11.9 Å². The number of anilines is 1. The zero-order chi connectivity index (χ0) is 30.3. The van der Waals surface area contributed by atoms with Crippen molar-refractivity contribution in [3.05, 3.63) is 101 Å². The third-order valence-electron chi connectivity index (χ3n) is 7.89. The highest BCUT2D eigenvalue weighted by molar-refractivity contribution is 7.92. The molecule has 1 aliphatic carbocycles. The fraction of sp³-hybridized carbons (Fsp3) is 0.394. The highest BCUT2D eigenvalue weighted by atomic mass is 32.2. The molecule has 1 unspecified atom stereocenters. The van der Waals surface area contributed by atoms with Crippen molar-refractivity contribution in [2.75, 3.05) is 17.1 Å². The Labute approximate surface area is 248 Å². The van der Waals surface area contributed by atoms with Crippen molar-refractivity contribution in [1.29, 1.82) is 0 Å². The Morgan fingerprint density at radius 3 is 2.14 bits per heavy atom. The predicted octanol–water partition coefficient (Wildman–Crippen LogP) is 5.30. The zero-order valence-corrected chi connectivity index (χ0v) is 25.4. The minimum Gasteiger partial charge on any atom is -0.352 e. The van der Waals surface area contributed by atoms with Gasteiger partial charge in [0.15, 0.2) is 0 Å². The molecule has 0 saturated heterocycles. The molecule has 0 aliphatic heterocycles. The summed E-state index contributed by atoms with van der Waals surface area (Å²) in [6.45, 7) is 2.86. The molecule has 1 fully saturated rings. The van der Waals surface area contributed by atoms with Gasteiger partial charge in [0.25, 0.3) is 0 Å². The van der Waals surface area contributed by atoms with Crippen molar-refractivity contribution in [2.24, 2.45) is 0 Å². The average Bonchev–Trinajstić information content (AvgIpc) is 2.95. The number of halogens is 1. The smallest absolute Gasteiger partial charge is 0.244 e. The van der Waals surface area contributed by atoms with Crippen molar-refractivity contribution >= 4 is 27.5 Å². The molecule has 0 radical (unpaired) electrons. The quantitative estimate of drug-likeness (QED) is 0.327. The lowest BCUT2D eigenvalue weighted by atomic mass is 9.94. The van der Waals surface area contributed by atoms with Gasteiger partial charge < -0.3 is 10.2 Å². The Morgan fingerprint density at radius 1 is 0.905 bits per heavy atom. The summed E-state index contributed by atoms with van der Waals surface area (Å²) in [4.78, 5) is 29.6. The zero-order valence-electron chi connectivity index (χ0n) is 24.6. The maximum Gasteiger partial charge on any atom is 0.244 e. The van der Waals surface area contributed by atoms with Crippen LogP contribution in [0.3, 0.4) is 0 Å². The Hall–Kier alpha value is -3.72. The second-order valence-corrected chi connectivity index (χ2v) is 13.1. The number of carbonyl (C=O) groups excluding carboxylic acids is 2. The van der Waals surface area contributed by atoms with Gasteiger partial charge in [0, 0.05) is 24.6 Å². The normalized spacial score (nSPS) is 14.7. The summed E-state index contributed by atoms with van der Waals surface area (Å²) in [5.41, 5.74) is 2.90. The first-order chi connectivity index (χ1) is 20.0. The molecule has 0 aromatic heterocycles. The average molecular weight is 594 g/mol. The number of hydrogen-bond acceptors (Lipinski definition) is 4. The lowest BCUT2D eigenvalue weighted by molar-refractivity contribution is -0.140. The maximum absolute atomic E-state index is 15.0. The number of carbonyl (C=O) groups is 2. The van der Waals surface area contributed by atoms with Gasteiger partial charge >= 0.3 is 0 Å². The van der Waals surface area contributed by atoms with E-state index in [9.17, 15) is 22.4 Å². The van der Waals surface area contributed by atoms with E-state index in [0.717, 1.165) is 48.2 Å². The number of amides is 2. The number of nitrogens with zero attached hydrogens (tertiary/aromatic N) is 2. The summed E-state index contributed by atoms with van der Waals surface area (Å²) < 4.78 is 42.2. The van der Waals surface area contributed by atoms with E-state index >= 15 is 0 Å². The molecule has 224 valence electrons. The summed E-state index contributed by atoms with van der Waals surface area (Å²) in [5.74, 6) is -1.42. The number of benzene rings is 3. The number of hydrogen-bond donors (Lipinski definition) is 1. The van der Waals surface area contributed by atoms with Crippen LogP contribution in [0.15, 0.2) is 72.8 Å². The topological polar surface area (TPSA) is 86.8 Å². The Balaban J connectivity index is 1.76. The predicted molar refractivity (Wildman–Crippen MR) is 164 cm³/mol. The molecular formula is C33H40FN3O4S. The molecule has 7 nitrogen and oxygen atoms in total. The number of rotatable bonds is 11. The van der Waals surface area contributed by atoms with E-state index in [1.165, 1.54) is 11.0 Å². The molecule has 2 amide bonds. The van der Waals surface area contributed by atoms with Crippen molar-refractivity contribution in [2.45, 2.75) is 71.0 Å². The summed E-state index contributed by atoms with van der Waals surface area (Å²) in [5, 5.41) is 3.15. The lowest BCUT2D eigenvalue weighted by Crippen LogP contribution is -2.55. The van der Waals surface area contributed by atoms with E-state index in [-0.39, 0.29) is 30.5 Å². The minimum absolute atomic E-state index is 0.00271. The van der Waals surface area contributed by atoms with Gasteiger partial charge in [-0.2, -0.15) is 0 Å². The van der Waals surface area contributed by atoms with Crippen molar-refractivity contribution in [3.63, 3.8) is 0 Å². The number of sulfonamides is 1. The monoisotopic (exact) mass is 593 g/mol. The summed E-state index contributed by atoms with van der Waals surface area (Å²) in [6, 6.07) is 19.9. The second kappa shape index (κ2) is 14.0. The summed E-state index contributed by atoms with van der Waals surface area (Å²) >= 11 is 0. The Bertz CT molecular complexity index is 1470. The first-order valence-corrected chi connectivity index (χ1v) is 16.3. The first-order valence-electron chi connectivity index (χ1n) is 14.5. The third-order valence-corrected chi connectivity index (χ3v) is 9.00. The standard InChI is InChI=1S/C33H40FN3O4S/c1-24-13-12-14-25(2)32(24)37(42(3,40)41)23-31(38)36(22-27-17-10-11-20-29(27)34)30(21-26-15-6-4-7-16-26)33(39)35-28-18-8-5-9-19-28/h4,6-7,10-17,20,28,30H,5,8-9,18-19,21-23H2,1-3H3,(H,35,39). The van der Waals surface area contributed by atoms with Gasteiger partial charge in [-0.25, -0.2) is 12.8 Å². The van der Waals surface area contributed by atoms with Gasteiger partial charge in [-0.15, -0.1) is 0 Å². The minimum atomic E-state index is -3.89. The third kappa shape index (κ3) is 7.97. The summed E-state index contributed by atoms with van der Waals surface area (Å²) in [6.07, 6.45) is 6.14. The van der Waals surface area contributed by atoms with E-state index in [2.05, 4.69) is 5.32 Å². The molecule has 3 aromatic carbocycles. The van der Waals surface area contributed by atoms with E-state index in [4.69, 9.17) is 0 Å². The molecule has 0 spiro atoms. The van der Waals surface area contributed by atoms with Crippen LogP contribution in [0.5, 0.6) is 0 Å². The van der Waals surface area contributed by atoms with Crippen LogP contribution < -0.4 is 9.62 Å². The van der Waals surface area contributed by atoms with Gasteiger partial charge in [-0.3, -0.25) is 13.9 Å². The van der Waals surface area contributed by atoms with Crippen LogP contribution in [0.2, 0.25) is 0 Å². The molecule has 0 bridgehead atoms. The van der Waals surface area contributed by atoms with Crippen LogP contribution in [0.4, 0.5) is 10.1 Å². The van der Waals surface area contributed by atoms with Crippen molar-refractivity contribution in [3.8, 4) is 0 Å². The molecule has 1 saturated carbocycles. The van der Waals surface area contributed by atoms with Crippen LogP contribution in [-0.4, -0.2) is 50.0 Å². The van der Waals surface area contributed by atoms with Crippen LogP contribution in [0.25, 0.3) is 0 Å². The van der Waals surface area contributed by atoms with Gasteiger partial charge in [-0.05, 0) is 49.4 Å². The van der Waals surface area contributed by atoms with E-state index < -0.39 is 34.3 Å². The molecular weight excluding hydrogens is 553 g/mol. The highest BCUT2D eigenvalue weighted by Crippen LogP contribution is 2.28. The van der Waals surface area contributed by atoms with Crippen LogP contribution in [0.1, 0.15) is 54.4 Å². The van der Waals surface area contributed by atoms with Gasteiger partial charge in [0.1, 0.15) is 18.4 Å². The van der Waals surface area contributed by atoms with Gasteiger partial charge in [-0.1, -0.05) is 86.0 Å². The molecule has 1 atom stereocenters. The number of aryl methyl sites for hydroxylation is 2. The first kappa shape index (κ1) is 31.2. The maximum atomic E-state index is 15.0. The Morgan fingerprint density at radius 2 is 1.52 bits per heavy atom. The fourth-order valence-electron chi connectivity index (χ4n) is 5.68. The molecule has 1 N–H and O–H groups in total. The Kier molecular flexibility index (Phi) is 10.4. The van der Waals surface area contributed by atoms with Crippen molar-refractivity contribution in [1.82, 2.24) is 10.2 Å². The molecule has 4 rings (SSSR count). The molecule has 42 heavy (non-hydrogen) atoms. The van der Waals surface area contributed by atoms with Crippen LogP contribution in [0, 0.1) is 19.7 Å². The van der Waals surface area contributed by atoms with Crippen molar-refractivity contribution < 1.29 is 22.4 Å². The lowest BCUT2D eigenvalue weighted by Gasteiger charge is -2.35. The molecule has 9 heteroatoms. The molecule has 1 aliphatic rings. The van der Waals surface area contributed by atoms with Crippen LogP contribution in [-0.2, 0) is 32.6 Å². The molecule has 0 heterocycles. The fourth-order valence-corrected chi connectivity index (χ4v) is 6.65. The van der Waals surface area contributed by atoms with Crippen LogP contribution >= 0.6 is 0 Å². The van der Waals surface area contributed by atoms with E-state index in [0.29, 0.717) is 16.8 Å². The number of para-hydroxylation sites is 1. The summed E-state index contributed by atoms with van der Waals surface area (Å²) in [7, 11) is -3.89. The number of nitrogens with one attached hydrogen (secondary N) is 1.